The Hall–Kier alpha value is -1.73. The zero-order valence-corrected chi connectivity index (χ0v) is 12.6. The van der Waals surface area contributed by atoms with Gasteiger partial charge in [0.05, 0.1) is 10.9 Å². The number of nitrogens with one attached hydrogen (secondary N) is 1. The molecule has 20 heavy (non-hydrogen) atoms. The summed E-state index contributed by atoms with van der Waals surface area (Å²) in [7, 11) is -3.48. The average molecular weight is 294 g/mol. The molecule has 108 valence electrons. The third-order valence-electron chi connectivity index (χ3n) is 2.95. The maximum absolute atomic E-state index is 12.1. The lowest BCUT2D eigenvalue weighted by Crippen LogP contribution is -2.30. The quantitative estimate of drug-likeness (QED) is 0.905. The number of nitrogens with zero attached hydrogens (tertiary/aromatic N) is 3. The van der Waals surface area contributed by atoms with Crippen LogP contribution in [0.3, 0.4) is 0 Å². The second-order valence-corrected chi connectivity index (χ2v) is 6.43. The maximum Gasteiger partial charge on any atom is 0.240 e. The van der Waals surface area contributed by atoms with Gasteiger partial charge in [0.1, 0.15) is 11.6 Å². The molecular formula is C13H18N4O2S. The zero-order chi connectivity index (χ0) is 14.8. The van der Waals surface area contributed by atoms with E-state index in [1.54, 1.807) is 35.0 Å². The largest absolute Gasteiger partial charge is 0.246 e. The van der Waals surface area contributed by atoms with Crippen molar-refractivity contribution in [2.75, 3.05) is 6.54 Å². The van der Waals surface area contributed by atoms with Crippen molar-refractivity contribution in [3.8, 4) is 0 Å². The first kappa shape index (κ1) is 14.7. The third-order valence-corrected chi connectivity index (χ3v) is 4.39. The van der Waals surface area contributed by atoms with Crippen LogP contribution in [0.5, 0.6) is 0 Å². The molecule has 2 rings (SSSR count). The van der Waals surface area contributed by atoms with E-state index in [-0.39, 0.29) is 17.5 Å². The number of aromatic nitrogens is 3. The lowest BCUT2D eigenvalue weighted by molar-refractivity contribution is 0.466. The fourth-order valence-electron chi connectivity index (χ4n) is 1.95. The van der Waals surface area contributed by atoms with E-state index in [1.165, 1.54) is 0 Å². The van der Waals surface area contributed by atoms with Crippen LogP contribution in [-0.2, 0) is 10.0 Å². The van der Waals surface area contributed by atoms with Gasteiger partial charge in [-0.1, -0.05) is 18.2 Å². The summed E-state index contributed by atoms with van der Waals surface area (Å²) in [5.41, 5.74) is 0. The van der Waals surface area contributed by atoms with E-state index in [2.05, 4.69) is 14.8 Å². The van der Waals surface area contributed by atoms with Crippen LogP contribution in [0, 0.1) is 13.8 Å². The molecule has 0 amide bonds. The highest BCUT2D eigenvalue weighted by atomic mass is 32.2. The van der Waals surface area contributed by atoms with Gasteiger partial charge in [-0.2, -0.15) is 5.10 Å². The summed E-state index contributed by atoms with van der Waals surface area (Å²) in [6.45, 7) is 5.82. The minimum atomic E-state index is -3.48. The van der Waals surface area contributed by atoms with E-state index < -0.39 is 10.0 Å². The van der Waals surface area contributed by atoms with Crippen LogP contribution < -0.4 is 4.72 Å². The summed E-state index contributed by atoms with van der Waals surface area (Å²) in [4.78, 5) is 4.47. The summed E-state index contributed by atoms with van der Waals surface area (Å²) in [5, 5.41) is 4.25. The standard InChI is InChI=1S/C13H18N4O2S/c1-10(17-12(3)15-11(2)16-17)9-14-20(18,19)13-7-5-4-6-8-13/h4-8,10,14H,9H2,1-3H3/t10-/m1/s1. The molecule has 0 radical (unpaired) electrons. The molecule has 7 heteroatoms. The fraction of sp³-hybridized carbons (Fsp3) is 0.385. The minimum absolute atomic E-state index is 0.102. The van der Waals surface area contributed by atoms with Crippen molar-refractivity contribution in [2.24, 2.45) is 0 Å². The Balaban J connectivity index is 2.07. The van der Waals surface area contributed by atoms with Crippen molar-refractivity contribution >= 4 is 10.0 Å². The predicted molar refractivity (Wildman–Crippen MR) is 75.8 cm³/mol. The Kier molecular flexibility index (Phi) is 4.20. The number of rotatable bonds is 5. The molecule has 1 N–H and O–H groups in total. The summed E-state index contributed by atoms with van der Waals surface area (Å²) in [6, 6.07) is 8.21. The Bertz CT molecular complexity index is 680. The molecule has 6 nitrogen and oxygen atoms in total. The van der Waals surface area contributed by atoms with Crippen LogP contribution >= 0.6 is 0 Å². The number of aryl methyl sites for hydroxylation is 2. The molecule has 1 heterocycles. The highest BCUT2D eigenvalue weighted by Crippen LogP contribution is 2.10. The van der Waals surface area contributed by atoms with Crippen LogP contribution in [0.1, 0.15) is 24.6 Å². The smallest absolute Gasteiger partial charge is 0.240 e. The van der Waals surface area contributed by atoms with Crippen LogP contribution in [-0.4, -0.2) is 29.7 Å². The number of sulfonamides is 1. The normalized spacial score (nSPS) is 13.3. The van der Waals surface area contributed by atoms with Crippen LogP contribution in [0.4, 0.5) is 0 Å². The molecule has 0 aliphatic rings. The highest BCUT2D eigenvalue weighted by molar-refractivity contribution is 7.89. The molecule has 1 atom stereocenters. The van der Waals surface area contributed by atoms with Gasteiger partial charge in [-0.15, -0.1) is 0 Å². The minimum Gasteiger partial charge on any atom is -0.246 e. The Morgan fingerprint density at radius 3 is 2.45 bits per heavy atom. The van der Waals surface area contributed by atoms with Gasteiger partial charge in [0, 0.05) is 6.54 Å². The molecule has 0 aliphatic carbocycles. The summed E-state index contributed by atoms with van der Waals surface area (Å²) in [6.07, 6.45) is 0. The van der Waals surface area contributed by atoms with Gasteiger partial charge in [-0.05, 0) is 32.9 Å². The molecule has 0 aliphatic heterocycles. The molecule has 0 fully saturated rings. The predicted octanol–water partition coefficient (Wildman–Crippen LogP) is 1.43. The molecule has 1 aromatic heterocycles. The van der Waals surface area contributed by atoms with Crippen molar-refractivity contribution in [2.45, 2.75) is 31.7 Å². The fourth-order valence-corrected chi connectivity index (χ4v) is 3.10. The van der Waals surface area contributed by atoms with E-state index in [1.807, 2.05) is 20.8 Å². The maximum atomic E-state index is 12.1. The summed E-state index contributed by atoms with van der Waals surface area (Å²) >= 11 is 0. The Morgan fingerprint density at radius 1 is 1.25 bits per heavy atom. The van der Waals surface area contributed by atoms with Gasteiger partial charge < -0.3 is 0 Å². The first-order valence-electron chi connectivity index (χ1n) is 6.34. The van der Waals surface area contributed by atoms with E-state index in [9.17, 15) is 8.42 Å². The van der Waals surface area contributed by atoms with Gasteiger partial charge in [-0.3, -0.25) is 0 Å². The summed E-state index contributed by atoms with van der Waals surface area (Å²) < 4.78 is 28.5. The first-order chi connectivity index (χ1) is 9.40. The second-order valence-electron chi connectivity index (χ2n) is 4.66. The molecule has 0 bridgehead atoms. The molecule has 1 aromatic carbocycles. The second kappa shape index (κ2) is 5.72. The molecule has 2 aromatic rings. The van der Waals surface area contributed by atoms with Gasteiger partial charge in [0.2, 0.25) is 10.0 Å². The van der Waals surface area contributed by atoms with Crippen molar-refractivity contribution in [3.05, 3.63) is 42.0 Å². The first-order valence-corrected chi connectivity index (χ1v) is 7.83. The number of hydrogen-bond donors (Lipinski definition) is 1. The molecular weight excluding hydrogens is 276 g/mol. The highest BCUT2D eigenvalue weighted by Gasteiger charge is 2.16. The number of hydrogen-bond acceptors (Lipinski definition) is 4. The van der Waals surface area contributed by atoms with Crippen molar-refractivity contribution in [3.63, 3.8) is 0 Å². The lowest BCUT2D eigenvalue weighted by atomic mass is 10.3. The van der Waals surface area contributed by atoms with Crippen LogP contribution in [0.2, 0.25) is 0 Å². The van der Waals surface area contributed by atoms with Crippen LogP contribution in [0.15, 0.2) is 35.2 Å². The SMILES string of the molecule is Cc1nc(C)n([C@H](C)CNS(=O)(=O)c2ccccc2)n1. The molecule has 0 spiro atoms. The van der Waals surface area contributed by atoms with Crippen molar-refractivity contribution in [1.82, 2.24) is 19.5 Å². The molecule has 0 saturated carbocycles. The average Bonchev–Trinajstić information content (AvgIpc) is 2.76. The van der Waals surface area contributed by atoms with Gasteiger partial charge in [-0.25, -0.2) is 22.8 Å². The van der Waals surface area contributed by atoms with E-state index in [0.717, 1.165) is 5.82 Å². The van der Waals surface area contributed by atoms with Crippen molar-refractivity contribution < 1.29 is 8.42 Å². The van der Waals surface area contributed by atoms with Gasteiger partial charge >= 0.3 is 0 Å². The lowest BCUT2D eigenvalue weighted by Gasteiger charge is -2.14. The van der Waals surface area contributed by atoms with Gasteiger partial charge in [0.25, 0.3) is 0 Å². The van der Waals surface area contributed by atoms with Gasteiger partial charge in [0.15, 0.2) is 0 Å². The Labute approximate surface area is 118 Å². The third kappa shape index (κ3) is 3.23. The monoisotopic (exact) mass is 294 g/mol. The molecule has 0 unspecified atom stereocenters. The van der Waals surface area contributed by atoms with E-state index in [0.29, 0.717) is 5.82 Å². The summed E-state index contributed by atoms with van der Waals surface area (Å²) in [5.74, 6) is 1.45. The zero-order valence-electron chi connectivity index (χ0n) is 11.7. The van der Waals surface area contributed by atoms with E-state index in [4.69, 9.17) is 0 Å². The number of benzene rings is 1. The Morgan fingerprint density at radius 2 is 1.90 bits per heavy atom. The van der Waals surface area contributed by atoms with Crippen molar-refractivity contribution in [1.29, 1.82) is 0 Å². The molecule has 0 saturated heterocycles. The van der Waals surface area contributed by atoms with E-state index >= 15 is 0 Å². The topological polar surface area (TPSA) is 76.9 Å². The van der Waals surface area contributed by atoms with Crippen LogP contribution in [0.25, 0.3) is 0 Å².